The minimum absolute atomic E-state index is 0.0680. The van der Waals surface area contributed by atoms with Crippen molar-refractivity contribution in [3.8, 4) is 0 Å². The highest BCUT2D eigenvalue weighted by molar-refractivity contribution is 5.73. The van der Waals surface area contributed by atoms with E-state index in [1.165, 1.54) is 19.3 Å². The van der Waals surface area contributed by atoms with Crippen LogP contribution in [-0.2, 0) is 4.79 Å². The van der Waals surface area contributed by atoms with Crippen LogP contribution in [0.1, 0.15) is 12.5 Å². The lowest BCUT2D eigenvalue weighted by Gasteiger charge is -1.96. The average Bonchev–Trinajstić information content (AvgIpc) is 2.12. The lowest BCUT2D eigenvalue weighted by atomic mass is 10.2. The van der Waals surface area contributed by atoms with Gasteiger partial charge in [0.15, 0.2) is 12.4 Å². The highest BCUT2D eigenvalue weighted by atomic mass is 16.5. The molecule has 0 radical (unpaired) electrons. The van der Waals surface area contributed by atoms with Crippen LogP contribution in [-0.4, -0.2) is 12.5 Å². The molecule has 0 saturated heterocycles. The maximum Gasteiger partial charge on any atom is 0.217 e. The molecule has 0 aliphatic rings. The van der Waals surface area contributed by atoms with E-state index in [9.17, 15) is 10.0 Å². The molecule has 0 unspecified atom stereocenters. The van der Waals surface area contributed by atoms with Crippen molar-refractivity contribution in [3.05, 3.63) is 41.4 Å². The first-order valence-corrected chi connectivity index (χ1v) is 4.28. The molecule has 4 heteroatoms. The molecule has 14 heavy (non-hydrogen) atoms. The van der Waals surface area contributed by atoms with E-state index < -0.39 is 0 Å². The molecular weight excluding hydrogens is 180 g/mol. The smallest absolute Gasteiger partial charge is 0.217 e. The number of carbonyl (C=O) groups is 1. The third-order valence-corrected chi connectivity index (χ3v) is 1.58. The summed E-state index contributed by atoms with van der Waals surface area (Å²) in [6.45, 7) is 1.94. The zero-order chi connectivity index (χ0) is 10.4. The summed E-state index contributed by atoms with van der Waals surface area (Å²) in [5.41, 5.74) is 0.813. The van der Waals surface area contributed by atoms with E-state index in [0.717, 1.165) is 10.3 Å². The molecule has 0 bridgehead atoms. The van der Waals surface area contributed by atoms with Gasteiger partial charge in [0.1, 0.15) is 0 Å². The predicted molar refractivity (Wildman–Crippen MR) is 53.1 cm³/mol. The summed E-state index contributed by atoms with van der Waals surface area (Å²) in [6.07, 6.45) is 6.45. The van der Waals surface area contributed by atoms with Gasteiger partial charge in [-0.25, -0.2) is 0 Å². The average molecular weight is 192 g/mol. The van der Waals surface area contributed by atoms with Crippen LogP contribution < -0.4 is 10.0 Å². The molecular formula is C10H12N2O2. The second-order valence-corrected chi connectivity index (χ2v) is 2.84. The van der Waals surface area contributed by atoms with E-state index in [-0.39, 0.29) is 5.91 Å². The zero-order valence-corrected chi connectivity index (χ0v) is 7.93. The van der Waals surface area contributed by atoms with Crippen molar-refractivity contribution in [2.75, 3.05) is 6.54 Å². The summed E-state index contributed by atoms with van der Waals surface area (Å²) in [7, 11) is 0. The third kappa shape index (κ3) is 3.71. The fourth-order valence-electron chi connectivity index (χ4n) is 0.968. The number of pyridine rings is 1. The molecule has 4 nitrogen and oxygen atoms in total. The molecule has 0 saturated carbocycles. The Kier molecular flexibility index (Phi) is 3.67. The number of hydrogen-bond donors (Lipinski definition) is 1. The Hall–Kier alpha value is -1.84. The second kappa shape index (κ2) is 5.01. The Morgan fingerprint density at radius 3 is 3.14 bits per heavy atom. The largest absolute Gasteiger partial charge is 0.619 e. The normalized spacial score (nSPS) is 10.4. The number of hydrogen-bond acceptors (Lipinski definition) is 2. The van der Waals surface area contributed by atoms with Crippen LogP contribution in [0.2, 0.25) is 0 Å². The number of amides is 1. The van der Waals surface area contributed by atoms with Crippen molar-refractivity contribution >= 4 is 12.0 Å². The number of carbonyl (C=O) groups excluding carboxylic acids is 1. The standard InChI is InChI=1S/C10H12N2O2/c1-9(13)11-6-2-4-10-5-3-7-12(14)8-10/h2-5,7-8H,6H2,1H3,(H,11,13). The molecule has 74 valence electrons. The van der Waals surface area contributed by atoms with E-state index in [4.69, 9.17) is 0 Å². The third-order valence-electron chi connectivity index (χ3n) is 1.58. The maximum absolute atomic E-state index is 10.8. The van der Waals surface area contributed by atoms with Crippen molar-refractivity contribution < 1.29 is 9.52 Å². The Labute approximate surface area is 82.5 Å². The van der Waals surface area contributed by atoms with Gasteiger partial charge in [-0.2, -0.15) is 4.73 Å². The number of nitrogens with one attached hydrogen (secondary N) is 1. The van der Waals surface area contributed by atoms with Crippen LogP contribution >= 0.6 is 0 Å². The van der Waals surface area contributed by atoms with E-state index in [0.29, 0.717) is 6.54 Å². The van der Waals surface area contributed by atoms with E-state index in [2.05, 4.69) is 5.32 Å². The van der Waals surface area contributed by atoms with Crippen molar-refractivity contribution in [1.82, 2.24) is 5.32 Å². The number of rotatable bonds is 3. The van der Waals surface area contributed by atoms with Crippen molar-refractivity contribution in [2.24, 2.45) is 0 Å². The number of nitrogens with zero attached hydrogens (tertiary/aromatic N) is 1. The van der Waals surface area contributed by atoms with Gasteiger partial charge in [-0.05, 0) is 6.07 Å². The van der Waals surface area contributed by atoms with Gasteiger partial charge in [-0.1, -0.05) is 12.2 Å². The first-order valence-electron chi connectivity index (χ1n) is 4.28. The molecule has 1 aromatic heterocycles. The topological polar surface area (TPSA) is 56.0 Å². The van der Waals surface area contributed by atoms with Crippen LogP contribution in [0.5, 0.6) is 0 Å². The Bertz CT molecular complexity index is 348. The van der Waals surface area contributed by atoms with Crippen molar-refractivity contribution in [3.63, 3.8) is 0 Å². The predicted octanol–water partition coefficient (Wildman–Crippen LogP) is 0.469. The van der Waals surface area contributed by atoms with Crippen LogP contribution in [0.25, 0.3) is 6.08 Å². The summed E-state index contributed by atoms with van der Waals surface area (Å²) in [4.78, 5) is 10.5. The first kappa shape index (κ1) is 10.2. The van der Waals surface area contributed by atoms with Gasteiger partial charge in [-0.3, -0.25) is 4.79 Å². The van der Waals surface area contributed by atoms with Crippen molar-refractivity contribution in [1.29, 1.82) is 0 Å². The maximum atomic E-state index is 10.8. The van der Waals surface area contributed by atoms with Crippen molar-refractivity contribution in [2.45, 2.75) is 6.92 Å². The van der Waals surface area contributed by atoms with Crippen LogP contribution in [0.4, 0.5) is 0 Å². The highest BCUT2D eigenvalue weighted by Crippen LogP contribution is 1.96. The van der Waals surface area contributed by atoms with Gasteiger partial charge in [0.05, 0.1) is 0 Å². The molecule has 0 aliphatic carbocycles. The molecule has 1 N–H and O–H groups in total. The van der Waals surface area contributed by atoms with Crippen LogP contribution in [0.3, 0.4) is 0 Å². The first-order chi connectivity index (χ1) is 6.68. The molecule has 0 fully saturated rings. The van der Waals surface area contributed by atoms with Gasteiger partial charge < -0.3 is 10.5 Å². The SMILES string of the molecule is CC(=O)NCC=Cc1ccc[n+]([O-])c1. The molecule has 0 spiro atoms. The zero-order valence-electron chi connectivity index (χ0n) is 7.93. The fourth-order valence-corrected chi connectivity index (χ4v) is 0.968. The molecule has 0 aliphatic heterocycles. The highest BCUT2D eigenvalue weighted by Gasteiger charge is 1.91. The van der Waals surface area contributed by atoms with E-state index in [1.54, 1.807) is 18.2 Å². The molecule has 1 heterocycles. The Balaban J connectivity index is 2.47. The van der Waals surface area contributed by atoms with Gasteiger partial charge in [-0.15, -0.1) is 0 Å². The monoisotopic (exact) mass is 192 g/mol. The summed E-state index contributed by atoms with van der Waals surface area (Å²) in [5, 5.41) is 13.5. The van der Waals surface area contributed by atoms with E-state index in [1.807, 2.05) is 6.07 Å². The Morgan fingerprint density at radius 2 is 2.50 bits per heavy atom. The minimum Gasteiger partial charge on any atom is -0.619 e. The van der Waals surface area contributed by atoms with E-state index >= 15 is 0 Å². The summed E-state index contributed by atoms with van der Waals surface area (Å²) in [5.74, 6) is -0.0680. The summed E-state index contributed by atoms with van der Waals surface area (Å²) >= 11 is 0. The second-order valence-electron chi connectivity index (χ2n) is 2.84. The van der Waals surface area contributed by atoms with Crippen LogP contribution in [0, 0.1) is 5.21 Å². The fraction of sp³-hybridized carbons (Fsp3) is 0.200. The van der Waals surface area contributed by atoms with Gasteiger partial charge in [0, 0.05) is 25.1 Å². The molecule has 1 aromatic rings. The summed E-state index contributed by atoms with van der Waals surface area (Å²) < 4.78 is 0.734. The van der Waals surface area contributed by atoms with Gasteiger partial charge >= 0.3 is 0 Å². The molecule has 0 aromatic carbocycles. The summed E-state index contributed by atoms with van der Waals surface area (Å²) in [6, 6.07) is 3.49. The minimum atomic E-state index is -0.0680. The Morgan fingerprint density at radius 1 is 1.71 bits per heavy atom. The lowest BCUT2D eigenvalue weighted by Crippen LogP contribution is -2.24. The van der Waals surface area contributed by atoms with Gasteiger partial charge in [0.25, 0.3) is 0 Å². The van der Waals surface area contributed by atoms with Crippen LogP contribution in [0.15, 0.2) is 30.6 Å². The quantitative estimate of drug-likeness (QED) is 0.559. The lowest BCUT2D eigenvalue weighted by molar-refractivity contribution is -0.605. The molecule has 0 atom stereocenters. The molecule has 1 amide bonds. The van der Waals surface area contributed by atoms with Gasteiger partial charge in [0.2, 0.25) is 5.91 Å². The number of aromatic nitrogens is 1. The molecule has 1 rings (SSSR count).